The van der Waals surface area contributed by atoms with Crippen LogP contribution in [0, 0.1) is 5.82 Å². The molecule has 2 aromatic carbocycles. The first-order valence-corrected chi connectivity index (χ1v) is 8.54. The molecule has 4 N–H and O–H groups in total. The molecule has 1 aromatic heterocycles. The molecule has 0 aliphatic rings. The van der Waals surface area contributed by atoms with Gasteiger partial charge in [-0.15, -0.1) is 0 Å². The van der Waals surface area contributed by atoms with Crippen molar-refractivity contribution in [2.75, 3.05) is 11.5 Å². The lowest BCUT2D eigenvalue weighted by atomic mass is 10.1. The lowest BCUT2D eigenvalue weighted by Crippen LogP contribution is -2.08. The van der Waals surface area contributed by atoms with E-state index in [1.54, 1.807) is 31.3 Å². The van der Waals surface area contributed by atoms with Gasteiger partial charge in [0.15, 0.2) is 11.6 Å². The van der Waals surface area contributed by atoms with E-state index < -0.39 is 11.9 Å². The summed E-state index contributed by atoms with van der Waals surface area (Å²) in [6, 6.07) is 11.7. The van der Waals surface area contributed by atoms with Gasteiger partial charge in [-0.25, -0.2) is 9.37 Å². The van der Waals surface area contributed by atoms with Crippen LogP contribution < -0.4 is 16.2 Å². The molecular formula is C19H16Cl2FN3O. The third kappa shape index (κ3) is 3.69. The van der Waals surface area contributed by atoms with Gasteiger partial charge in [0.2, 0.25) is 0 Å². The van der Waals surface area contributed by atoms with E-state index in [2.05, 4.69) is 4.98 Å². The molecule has 4 nitrogen and oxygen atoms in total. The summed E-state index contributed by atoms with van der Waals surface area (Å²) in [5, 5.41) is 0.233. The first-order valence-electron chi connectivity index (χ1n) is 7.78. The van der Waals surface area contributed by atoms with Gasteiger partial charge in [0, 0.05) is 28.0 Å². The quantitative estimate of drug-likeness (QED) is 0.454. The van der Waals surface area contributed by atoms with Gasteiger partial charge in [0.05, 0.1) is 5.02 Å². The number of benzene rings is 2. The molecule has 0 fully saturated rings. The fourth-order valence-corrected chi connectivity index (χ4v) is 3.23. The second-order valence-corrected chi connectivity index (χ2v) is 6.53. The van der Waals surface area contributed by atoms with Crippen LogP contribution in [-0.2, 0) is 0 Å². The summed E-state index contributed by atoms with van der Waals surface area (Å²) in [5.41, 5.74) is 14.4. The summed E-state index contributed by atoms with van der Waals surface area (Å²) in [6.07, 6.45) is 1.01. The van der Waals surface area contributed by atoms with Crippen LogP contribution in [-0.4, -0.2) is 4.98 Å². The highest BCUT2D eigenvalue weighted by Crippen LogP contribution is 2.36. The number of nitrogen functional groups attached to an aromatic ring is 2. The molecule has 0 radical (unpaired) electrons. The fraction of sp³-hybridized carbons (Fsp3) is 0.105. The number of pyridine rings is 1. The molecule has 0 saturated heterocycles. The number of hydrogen-bond donors (Lipinski definition) is 2. The number of hydrogen-bond acceptors (Lipinski definition) is 4. The molecule has 0 saturated carbocycles. The highest BCUT2D eigenvalue weighted by molar-refractivity contribution is 6.36. The van der Waals surface area contributed by atoms with Crippen LogP contribution in [0.2, 0.25) is 10.0 Å². The van der Waals surface area contributed by atoms with Crippen molar-refractivity contribution in [2.45, 2.75) is 13.0 Å². The lowest BCUT2D eigenvalue weighted by Gasteiger charge is -2.19. The number of nitrogens with zero attached hydrogens (tertiary/aromatic N) is 1. The van der Waals surface area contributed by atoms with E-state index in [-0.39, 0.29) is 10.8 Å². The molecule has 134 valence electrons. The minimum Gasteiger partial charge on any atom is -0.482 e. The van der Waals surface area contributed by atoms with Crippen LogP contribution >= 0.6 is 23.2 Å². The van der Waals surface area contributed by atoms with Crippen LogP contribution in [0.4, 0.5) is 15.9 Å². The predicted molar refractivity (Wildman–Crippen MR) is 104 cm³/mol. The molecule has 0 aliphatic heterocycles. The molecule has 0 bridgehead atoms. The first-order chi connectivity index (χ1) is 12.4. The molecule has 3 aromatic rings. The number of nitrogens with two attached hydrogens (primary N) is 2. The van der Waals surface area contributed by atoms with Crippen LogP contribution in [0.1, 0.15) is 18.6 Å². The van der Waals surface area contributed by atoms with E-state index in [1.807, 2.05) is 12.1 Å². The lowest BCUT2D eigenvalue weighted by molar-refractivity contribution is 0.227. The molecular weight excluding hydrogens is 376 g/mol. The molecule has 3 rings (SSSR count). The van der Waals surface area contributed by atoms with Gasteiger partial charge in [0.1, 0.15) is 11.9 Å². The van der Waals surface area contributed by atoms with E-state index in [0.717, 1.165) is 11.1 Å². The monoisotopic (exact) mass is 391 g/mol. The average molecular weight is 392 g/mol. The minimum absolute atomic E-state index is 0.0776. The van der Waals surface area contributed by atoms with Crippen molar-refractivity contribution < 1.29 is 9.13 Å². The second kappa shape index (κ2) is 7.40. The normalized spacial score (nSPS) is 12.0. The highest BCUT2D eigenvalue weighted by Gasteiger charge is 2.20. The van der Waals surface area contributed by atoms with E-state index >= 15 is 0 Å². The highest BCUT2D eigenvalue weighted by atomic mass is 35.5. The molecule has 1 unspecified atom stereocenters. The maximum atomic E-state index is 13.8. The second-order valence-electron chi connectivity index (χ2n) is 5.75. The molecule has 1 heterocycles. The molecule has 1 atom stereocenters. The van der Waals surface area contributed by atoms with E-state index in [1.165, 1.54) is 12.1 Å². The summed E-state index contributed by atoms with van der Waals surface area (Å²) in [5.74, 6) is -0.00819. The Hall–Kier alpha value is -2.50. The van der Waals surface area contributed by atoms with Gasteiger partial charge >= 0.3 is 0 Å². The Morgan fingerprint density at radius 1 is 1.04 bits per heavy atom. The predicted octanol–water partition coefficient (Wildman–Crippen LogP) is 5.50. The third-order valence-electron chi connectivity index (χ3n) is 3.92. The topological polar surface area (TPSA) is 74.2 Å². The zero-order valence-corrected chi connectivity index (χ0v) is 15.4. The van der Waals surface area contributed by atoms with E-state index in [0.29, 0.717) is 22.0 Å². The Labute approximate surface area is 160 Å². The Morgan fingerprint density at radius 3 is 2.42 bits per heavy atom. The van der Waals surface area contributed by atoms with Crippen molar-refractivity contribution in [3.63, 3.8) is 0 Å². The Kier molecular flexibility index (Phi) is 5.20. The standard InChI is InChI=1S/C19H16Cl2FN3O/c1-10(17-14(20)6-7-15(22)18(17)21)26-16-8-12(9-25-19(16)24)11-2-4-13(23)5-3-11/h2-10H,23H2,1H3,(H2,24,25). The van der Waals surface area contributed by atoms with Crippen molar-refractivity contribution >= 4 is 34.7 Å². The van der Waals surface area contributed by atoms with Crippen LogP contribution in [0.3, 0.4) is 0 Å². The van der Waals surface area contributed by atoms with Crippen molar-refractivity contribution in [2.24, 2.45) is 0 Å². The molecule has 26 heavy (non-hydrogen) atoms. The molecule has 7 heteroatoms. The smallest absolute Gasteiger partial charge is 0.166 e. The zero-order chi connectivity index (χ0) is 18.8. The van der Waals surface area contributed by atoms with Gasteiger partial charge < -0.3 is 16.2 Å². The van der Waals surface area contributed by atoms with E-state index in [4.69, 9.17) is 39.4 Å². The Morgan fingerprint density at radius 2 is 1.73 bits per heavy atom. The van der Waals surface area contributed by atoms with Crippen LogP contribution in [0.5, 0.6) is 5.75 Å². The number of ether oxygens (including phenoxy) is 1. The van der Waals surface area contributed by atoms with Crippen LogP contribution in [0.15, 0.2) is 48.7 Å². The van der Waals surface area contributed by atoms with Crippen molar-refractivity contribution in [3.8, 4) is 16.9 Å². The van der Waals surface area contributed by atoms with E-state index in [9.17, 15) is 4.39 Å². The summed E-state index contributed by atoms with van der Waals surface area (Å²) in [4.78, 5) is 4.17. The number of anilines is 2. The molecule has 0 amide bonds. The SMILES string of the molecule is CC(Oc1cc(-c2ccc(N)cc2)cnc1N)c1c(Cl)ccc(F)c1Cl. The van der Waals surface area contributed by atoms with Crippen molar-refractivity contribution in [1.29, 1.82) is 0 Å². The minimum atomic E-state index is -0.628. The summed E-state index contributed by atoms with van der Waals surface area (Å²) in [6.45, 7) is 1.71. The van der Waals surface area contributed by atoms with Crippen LogP contribution in [0.25, 0.3) is 11.1 Å². The number of halogens is 3. The summed E-state index contributed by atoms with van der Waals surface area (Å²) >= 11 is 12.2. The summed E-state index contributed by atoms with van der Waals surface area (Å²) in [7, 11) is 0. The van der Waals surface area contributed by atoms with Gasteiger partial charge in [-0.2, -0.15) is 0 Å². The zero-order valence-electron chi connectivity index (χ0n) is 13.8. The average Bonchev–Trinajstić information content (AvgIpc) is 2.61. The maximum absolute atomic E-state index is 13.8. The van der Waals surface area contributed by atoms with Gasteiger partial charge in [-0.3, -0.25) is 0 Å². The number of aromatic nitrogens is 1. The third-order valence-corrected chi connectivity index (χ3v) is 4.63. The number of rotatable bonds is 4. The molecule has 0 aliphatic carbocycles. The summed E-state index contributed by atoms with van der Waals surface area (Å²) < 4.78 is 19.6. The Bertz CT molecular complexity index is 948. The molecule has 0 spiro atoms. The first kappa shape index (κ1) is 18.3. The van der Waals surface area contributed by atoms with Gasteiger partial charge in [0.25, 0.3) is 0 Å². The largest absolute Gasteiger partial charge is 0.482 e. The van der Waals surface area contributed by atoms with Crippen molar-refractivity contribution in [3.05, 3.63) is 70.1 Å². The van der Waals surface area contributed by atoms with Crippen molar-refractivity contribution in [1.82, 2.24) is 4.98 Å². The fourth-order valence-electron chi connectivity index (χ4n) is 2.55. The van der Waals surface area contributed by atoms with Gasteiger partial charge in [-0.05, 0) is 42.8 Å². The van der Waals surface area contributed by atoms with Gasteiger partial charge in [-0.1, -0.05) is 35.3 Å². The maximum Gasteiger partial charge on any atom is 0.166 e. The Balaban J connectivity index is 1.94.